The minimum absolute atomic E-state index is 0.00161. The minimum atomic E-state index is -3.98. The van der Waals surface area contributed by atoms with E-state index in [-0.39, 0.29) is 41.4 Å². The zero-order valence-corrected chi connectivity index (χ0v) is 26.0. The van der Waals surface area contributed by atoms with Crippen LogP contribution in [-0.4, -0.2) is 57.1 Å². The number of sulfonamides is 1. The van der Waals surface area contributed by atoms with E-state index in [1.165, 1.54) is 24.1 Å². The largest absolute Gasteiger partial charge is 0.495 e. The first-order chi connectivity index (χ1) is 20.1. The summed E-state index contributed by atoms with van der Waals surface area (Å²) in [4.78, 5) is 29.6. The van der Waals surface area contributed by atoms with E-state index in [1.54, 1.807) is 30.3 Å². The molecule has 0 heterocycles. The van der Waals surface area contributed by atoms with Gasteiger partial charge in [0.15, 0.2) is 0 Å². The normalized spacial score (nSPS) is 14.3. The van der Waals surface area contributed by atoms with Gasteiger partial charge in [-0.1, -0.05) is 84.6 Å². The number of ether oxygens (including phenoxy) is 1. The van der Waals surface area contributed by atoms with Crippen LogP contribution >= 0.6 is 23.2 Å². The molecule has 0 radical (unpaired) electrons. The predicted molar refractivity (Wildman–Crippen MR) is 167 cm³/mol. The molecule has 2 amide bonds. The minimum Gasteiger partial charge on any atom is -0.495 e. The molecule has 3 aromatic rings. The molecule has 224 valence electrons. The van der Waals surface area contributed by atoms with E-state index >= 15 is 0 Å². The number of methoxy groups -OCH3 is 1. The van der Waals surface area contributed by atoms with Crippen molar-refractivity contribution in [1.29, 1.82) is 0 Å². The fraction of sp³-hybridized carbons (Fsp3) is 0.355. The van der Waals surface area contributed by atoms with Gasteiger partial charge in [-0.3, -0.25) is 13.9 Å². The summed E-state index contributed by atoms with van der Waals surface area (Å²) >= 11 is 12.7. The van der Waals surface area contributed by atoms with Crippen LogP contribution < -0.4 is 14.4 Å². The molecule has 1 unspecified atom stereocenters. The van der Waals surface area contributed by atoms with Gasteiger partial charge in [-0.15, -0.1) is 0 Å². The van der Waals surface area contributed by atoms with Crippen LogP contribution in [0.15, 0.2) is 72.8 Å². The van der Waals surface area contributed by atoms with E-state index in [2.05, 4.69) is 5.32 Å². The lowest BCUT2D eigenvalue weighted by Crippen LogP contribution is -2.54. The van der Waals surface area contributed by atoms with Gasteiger partial charge < -0.3 is 15.0 Å². The standard InChI is InChI=1S/C31H35Cl2N3O5S/c1-41-29-17-16-24(32)19-27(29)36(42(2,39)40)21-30(37)35(20-23-12-6-9-15-26(23)33)28(18-22-10-4-3-5-11-22)31(38)34-25-13-7-8-14-25/h3-6,9-12,15-17,19,25,28H,7-8,13-14,18,20-21H2,1-2H3,(H,34,38). The van der Waals surface area contributed by atoms with Gasteiger partial charge in [0.2, 0.25) is 21.8 Å². The van der Waals surface area contributed by atoms with Crippen LogP contribution in [0.25, 0.3) is 0 Å². The second kappa shape index (κ2) is 14.3. The summed E-state index contributed by atoms with van der Waals surface area (Å²) in [5.74, 6) is -0.641. The van der Waals surface area contributed by atoms with E-state index in [0.717, 1.165) is 41.8 Å². The van der Waals surface area contributed by atoms with Crippen LogP contribution in [0, 0.1) is 0 Å². The van der Waals surface area contributed by atoms with Gasteiger partial charge in [-0.05, 0) is 48.2 Å². The Balaban J connectivity index is 1.76. The lowest BCUT2D eigenvalue weighted by atomic mass is 10.0. The molecule has 0 spiro atoms. The van der Waals surface area contributed by atoms with E-state index < -0.39 is 28.5 Å². The SMILES string of the molecule is COc1ccc(Cl)cc1N(CC(=O)N(Cc1ccccc1Cl)C(Cc1ccccc1)C(=O)NC1CCCC1)S(C)(=O)=O. The lowest BCUT2D eigenvalue weighted by Gasteiger charge is -2.34. The highest BCUT2D eigenvalue weighted by molar-refractivity contribution is 7.92. The molecule has 1 aliphatic rings. The van der Waals surface area contributed by atoms with Crippen molar-refractivity contribution >= 4 is 50.7 Å². The third-order valence-electron chi connectivity index (χ3n) is 7.36. The van der Waals surface area contributed by atoms with Gasteiger partial charge in [-0.25, -0.2) is 8.42 Å². The Morgan fingerprint density at radius 2 is 1.67 bits per heavy atom. The number of nitrogens with one attached hydrogen (secondary N) is 1. The van der Waals surface area contributed by atoms with Crippen LogP contribution in [0.1, 0.15) is 36.8 Å². The Hall–Kier alpha value is -3.27. The molecule has 42 heavy (non-hydrogen) atoms. The lowest BCUT2D eigenvalue weighted by molar-refractivity contribution is -0.140. The van der Waals surface area contributed by atoms with Gasteiger partial charge in [0.1, 0.15) is 18.3 Å². The molecule has 0 aliphatic heterocycles. The number of rotatable bonds is 12. The molecule has 1 fully saturated rings. The summed E-state index contributed by atoms with van der Waals surface area (Å²) in [7, 11) is -2.58. The zero-order chi connectivity index (χ0) is 30.3. The summed E-state index contributed by atoms with van der Waals surface area (Å²) in [6.07, 6.45) is 5.04. The number of halogens is 2. The second-order valence-electron chi connectivity index (χ2n) is 10.4. The summed E-state index contributed by atoms with van der Waals surface area (Å²) in [6.45, 7) is -0.583. The summed E-state index contributed by atoms with van der Waals surface area (Å²) in [5.41, 5.74) is 1.61. The maximum absolute atomic E-state index is 14.3. The summed E-state index contributed by atoms with van der Waals surface area (Å²) in [5, 5.41) is 3.85. The monoisotopic (exact) mass is 631 g/mol. The number of carbonyl (C=O) groups is 2. The Bertz CT molecular complexity index is 1500. The highest BCUT2D eigenvalue weighted by Gasteiger charge is 2.35. The molecule has 4 rings (SSSR count). The van der Waals surface area contributed by atoms with Gasteiger partial charge in [0.25, 0.3) is 0 Å². The van der Waals surface area contributed by atoms with Crippen LogP contribution in [0.3, 0.4) is 0 Å². The molecule has 1 aliphatic carbocycles. The van der Waals surface area contributed by atoms with Crippen molar-refractivity contribution in [1.82, 2.24) is 10.2 Å². The first-order valence-electron chi connectivity index (χ1n) is 13.7. The van der Waals surface area contributed by atoms with Crippen molar-refractivity contribution < 1.29 is 22.7 Å². The van der Waals surface area contributed by atoms with Crippen molar-refractivity contribution in [2.75, 3.05) is 24.2 Å². The van der Waals surface area contributed by atoms with E-state index in [4.69, 9.17) is 27.9 Å². The molecule has 3 aromatic carbocycles. The number of hydrogen-bond acceptors (Lipinski definition) is 5. The van der Waals surface area contributed by atoms with E-state index in [9.17, 15) is 18.0 Å². The number of nitrogens with zero attached hydrogens (tertiary/aromatic N) is 2. The Morgan fingerprint density at radius 3 is 2.31 bits per heavy atom. The number of anilines is 1. The number of amides is 2. The van der Waals surface area contributed by atoms with Crippen molar-refractivity contribution in [3.8, 4) is 5.75 Å². The van der Waals surface area contributed by atoms with Crippen LogP contribution in [0.5, 0.6) is 5.75 Å². The molecule has 11 heteroatoms. The van der Waals surface area contributed by atoms with E-state index in [1.807, 2.05) is 30.3 Å². The van der Waals surface area contributed by atoms with Crippen LogP contribution in [-0.2, 0) is 32.6 Å². The first-order valence-corrected chi connectivity index (χ1v) is 16.4. The number of benzene rings is 3. The fourth-order valence-corrected chi connectivity index (χ4v) is 6.39. The highest BCUT2D eigenvalue weighted by Crippen LogP contribution is 2.33. The zero-order valence-electron chi connectivity index (χ0n) is 23.6. The average molecular weight is 633 g/mol. The van der Waals surface area contributed by atoms with Crippen molar-refractivity contribution in [3.05, 3.63) is 94.0 Å². The Labute approximate surface area is 257 Å². The second-order valence-corrected chi connectivity index (χ2v) is 13.1. The van der Waals surface area contributed by atoms with Gasteiger partial charge >= 0.3 is 0 Å². The number of hydrogen-bond donors (Lipinski definition) is 1. The highest BCUT2D eigenvalue weighted by atomic mass is 35.5. The molecule has 1 saturated carbocycles. The predicted octanol–water partition coefficient (Wildman–Crippen LogP) is 5.47. The third-order valence-corrected chi connectivity index (χ3v) is 9.09. The average Bonchev–Trinajstić information content (AvgIpc) is 3.47. The Kier molecular flexibility index (Phi) is 10.8. The van der Waals surface area contributed by atoms with Crippen molar-refractivity contribution in [2.45, 2.75) is 50.7 Å². The summed E-state index contributed by atoms with van der Waals surface area (Å²) < 4.78 is 32.5. The molecule has 0 saturated heterocycles. The molecule has 0 aromatic heterocycles. The topological polar surface area (TPSA) is 96.0 Å². The smallest absolute Gasteiger partial charge is 0.244 e. The van der Waals surface area contributed by atoms with Gasteiger partial charge in [-0.2, -0.15) is 0 Å². The molecule has 0 bridgehead atoms. The summed E-state index contributed by atoms with van der Waals surface area (Å²) in [6, 6.07) is 20.1. The van der Waals surface area contributed by atoms with Crippen molar-refractivity contribution in [3.63, 3.8) is 0 Å². The molecule has 1 atom stereocenters. The van der Waals surface area contributed by atoms with E-state index in [0.29, 0.717) is 10.6 Å². The Morgan fingerprint density at radius 1 is 1.00 bits per heavy atom. The fourth-order valence-electron chi connectivity index (χ4n) is 5.18. The quantitative estimate of drug-likeness (QED) is 0.286. The maximum Gasteiger partial charge on any atom is 0.244 e. The molecule has 1 N–H and O–H groups in total. The van der Waals surface area contributed by atoms with Crippen molar-refractivity contribution in [2.24, 2.45) is 0 Å². The van der Waals surface area contributed by atoms with Crippen LogP contribution in [0.4, 0.5) is 5.69 Å². The molecule has 8 nitrogen and oxygen atoms in total. The first kappa shape index (κ1) is 31.7. The van der Waals surface area contributed by atoms with Gasteiger partial charge in [0, 0.05) is 29.1 Å². The third kappa shape index (κ3) is 8.18. The number of carbonyl (C=O) groups excluding carboxylic acids is 2. The molecular weight excluding hydrogens is 597 g/mol. The molecular formula is C31H35Cl2N3O5S. The maximum atomic E-state index is 14.3. The van der Waals surface area contributed by atoms with Crippen LogP contribution in [0.2, 0.25) is 10.0 Å². The van der Waals surface area contributed by atoms with Gasteiger partial charge in [0.05, 0.1) is 19.1 Å².